The standard InChI is InChI=1S/C25H24FN3O4/c1-25(2,3)33-24(31)29(16-17-7-5-4-6-8-17)21-15-19(13-14-27-21)22(28-32)23(30)18-9-11-20(26)12-10-18/h4-15,32H,16H2,1-3H3/b28-22-. The van der Waals surface area contributed by atoms with Crippen LogP contribution in [0.5, 0.6) is 0 Å². The predicted molar refractivity (Wildman–Crippen MR) is 122 cm³/mol. The van der Waals surface area contributed by atoms with E-state index in [0.717, 1.165) is 17.7 Å². The van der Waals surface area contributed by atoms with Crippen molar-refractivity contribution in [3.05, 3.63) is 95.4 Å². The van der Waals surface area contributed by atoms with Crippen LogP contribution in [0.3, 0.4) is 0 Å². The molecule has 0 bridgehead atoms. The minimum Gasteiger partial charge on any atom is -0.443 e. The minimum atomic E-state index is -0.736. The molecule has 1 heterocycles. The molecule has 1 N–H and O–H groups in total. The molecule has 0 saturated carbocycles. The zero-order valence-corrected chi connectivity index (χ0v) is 18.5. The molecule has 2 aromatic carbocycles. The van der Waals surface area contributed by atoms with Crippen molar-refractivity contribution in [2.75, 3.05) is 4.90 Å². The monoisotopic (exact) mass is 449 g/mol. The third kappa shape index (κ3) is 6.22. The molecule has 0 saturated heterocycles. The number of oxime groups is 1. The summed E-state index contributed by atoms with van der Waals surface area (Å²) in [7, 11) is 0. The number of carbonyl (C=O) groups excluding carboxylic acids is 2. The van der Waals surface area contributed by atoms with Gasteiger partial charge in [0.05, 0.1) is 6.54 Å². The lowest BCUT2D eigenvalue weighted by Gasteiger charge is -2.27. The fourth-order valence-corrected chi connectivity index (χ4v) is 3.01. The average Bonchev–Trinajstić information content (AvgIpc) is 2.78. The van der Waals surface area contributed by atoms with Crippen molar-refractivity contribution in [2.45, 2.75) is 32.9 Å². The van der Waals surface area contributed by atoms with Crippen LogP contribution in [0.4, 0.5) is 15.0 Å². The van der Waals surface area contributed by atoms with Gasteiger partial charge in [0.25, 0.3) is 0 Å². The second-order valence-corrected chi connectivity index (χ2v) is 8.24. The van der Waals surface area contributed by atoms with E-state index in [4.69, 9.17) is 4.74 Å². The Morgan fingerprint density at radius 2 is 1.70 bits per heavy atom. The Hall–Kier alpha value is -4.07. The number of benzene rings is 2. The zero-order chi connectivity index (χ0) is 24.0. The van der Waals surface area contributed by atoms with Crippen LogP contribution in [0.1, 0.15) is 42.3 Å². The summed E-state index contributed by atoms with van der Waals surface area (Å²) in [6.07, 6.45) is 0.777. The van der Waals surface area contributed by atoms with Crippen LogP contribution >= 0.6 is 0 Å². The molecule has 0 spiro atoms. The highest BCUT2D eigenvalue weighted by atomic mass is 19.1. The number of anilines is 1. The number of aromatic nitrogens is 1. The summed E-state index contributed by atoms with van der Waals surface area (Å²) in [5, 5.41) is 12.7. The maximum atomic E-state index is 13.2. The maximum absolute atomic E-state index is 13.2. The van der Waals surface area contributed by atoms with Crippen molar-refractivity contribution in [2.24, 2.45) is 5.16 Å². The number of ketones is 1. The lowest BCUT2D eigenvalue weighted by atomic mass is 10.0. The van der Waals surface area contributed by atoms with Gasteiger partial charge in [-0.1, -0.05) is 35.5 Å². The van der Waals surface area contributed by atoms with E-state index in [1.807, 2.05) is 30.3 Å². The molecular formula is C25H24FN3O4. The Bertz CT molecular complexity index is 1160. The van der Waals surface area contributed by atoms with E-state index >= 15 is 0 Å². The van der Waals surface area contributed by atoms with Gasteiger partial charge in [-0.15, -0.1) is 0 Å². The van der Waals surface area contributed by atoms with Crippen molar-refractivity contribution in [1.29, 1.82) is 0 Å². The van der Waals surface area contributed by atoms with Crippen LogP contribution in [0.2, 0.25) is 0 Å². The predicted octanol–water partition coefficient (Wildman–Crippen LogP) is 5.22. The Kier molecular flexibility index (Phi) is 7.17. The van der Waals surface area contributed by atoms with Gasteiger partial charge in [-0.3, -0.25) is 9.69 Å². The second-order valence-electron chi connectivity index (χ2n) is 8.24. The Morgan fingerprint density at radius 3 is 2.30 bits per heavy atom. The summed E-state index contributed by atoms with van der Waals surface area (Å²) >= 11 is 0. The van der Waals surface area contributed by atoms with Crippen molar-refractivity contribution in [3.63, 3.8) is 0 Å². The first-order chi connectivity index (χ1) is 15.7. The van der Waals surface area contributed by atoms with Crippen LogP contribution < -0.4 is 4.90 Å². The number of halogens is 1. The molecule has 0 radical (unpaired) electrons. The number of ether oxygens (including phenoxy) is 1. The van der Waals surface area contributed by atoms with Crippen LogP contribution in [0.15, 0.2) is 78.1 Å². The third-order valence-electron chi connectivity index (χ3n) is 4.51. The van der Waals surface area contributed by atoms with Gasteiger partial charge in [-0.05, 0) is 62.7 Å². The van der Waals surface area contributed by atoms with Crippen molar-refractivity contribution < 1.29 is 23.9 Å². The summed E-state index contributed by atoms with van der Waals surface area (Å²) in [6.45, 7) is 5.44. The summed E-state index contributed by atoms with van der Waals surface area (Å²) in [5.41, 5.74) is 0.220. The first kappa shape index (κ1) is 23.6. The Balaban J connectivity index is 1.97. The number of rotatable bonds is 6. The quantitative estimate of drug-likeness (QED) is 0.241. The van der Waals surface area contributed by atoms with Gasteiger partial charge in [0, 0.05) is 17.3 Å². The highest BCUT2D eigenvalue weighted by Crippen LogP contribution is 2.21. The molecule has 33 heavy (non-hydrogen) atoms. The molecule has 0 aliphatic heterocycles. The number of carbonyl (C=O) groups is 2. The minimum absolute atomic E-state index is 0.149. The number of hydrogen-bond acceptors (Lipinski definition) is 6. The summed E-state index contributed by atoms with van der Waals surface area (Å²) in [4.78, 5) is 31.4. The molecule has 1 amide bonds. The van der Waals surface area contributed by atoms with Gasteiger partial charge >= 0.3 is 6.09 Å². The summed E-state index contributed by atoms with van der Waals surface area (Å²) in [5.74, 6) is -0.894. The van der Waals surface area contributed by atoms with Crippen LogP contribution in [-0.4, -0.2) is 33.4 Å². The van der Waals surface area contributed by atoms with Gasteiger partial charge in [0.1, 0.15) is 17.2 Å². The normalized spacial score (nSPS) is 11.7. The first-order valence-corrected chi connectivity index (χ1v) is 10.2. The average molecular weight is 449 g/mol. The van der Waals surface area contributed by atoms with Gasteiger partial charge in [-0.2, -0.15) is 0 Å². The Morgan fingerprint density at radius 1 is 1.03 bits per heavy atom. The highest BCUT2D eigenvalue weighted by Gasteiger charge is 2.26. The van der Waals surface area contributed by atoms with Crippen molar-refractivity contribution in [1.82, 2.24) is 4.98 Å². The van der Waals surface area contributed by atoms with E-state index in [-0.39, 0.29) is 29.2 Å². The maximum Gasteiger partial charge on any atom is 0.416 e. The molecule has 0 unspecified atom stereocenters. The van der Waals surface area contributed by atoms with Crippen molar-refractivity contribution in [3.8, 4) is 0 Å². The van der Waals surface area contributed by atoms with E-state index in [1.54, 1.807) is 20.8 Å². The molecular weight excluding hydrogens is 425 g/mol. The molecule has 0 atom stereocenters. The van der Waals surface area contributed by atoms with E-state index in [1.165, 1.54) is 35.4 Å². The topological polar surface area (TPSA) is 92.1 Å². The number of hydrogen-bond donors (Lipinski definition) is 1. The first-order valence-electron chi connectivity index (χ1n) is 10.2. The molecule has 0 fully saturated rings. The van der Waals surface area contributed by atoms with Crippen molar-refractivity contribution >= 4 is 23.4 Å². The molecule has 7 nitrogen and oxygen atoms in total. The summed E-state index contributed by atoms with van der Waals surface area (Å²) in [6, 6.07) is 17.1. The van der Waals surface area contributed by atoms with Gasteiger partial charge < -0.3 is 9.94 Å². The molecule has 3 rings (SSSR count). The fourth-order valence-electron chi connectivity index (χ4n) is 3.01. The SMILES string of the molecule is CC(C)(C)OC(=O)N(Cc1ccccc1)c1cc(/C(=N/O)C(=O)c2ccc(F)cc2)ccn1. The van der Waals surface area contributed by atoms with Crippen LogP contribution in [0, 0.1) is 5.82 Å². The van der Waals surface area contributed by atoms with Crippen LogP contribution in [-0.2, 0) is 11.3 Å². The smallest absolute Gasteiger partial charge is 0.416 e. The highest BCUT2D eigenvalue weighted by molar-refractivity contribution is 6.51. The molecule has 0 aliphatic carbocycles. The number of nitrogens with zero attached hydrogens (tertiary/aromatic N) is 3. The molecule has 3 aromatic rings. The fraction of sp³-hybridized carbons (Fsp3) is 0.200. The van der Waals surface area contributed by atoms with Gasteiger partial charge in [0.15, 0.2) is 5.71 Å². The number of Topliss-reactive ketones (excluding diaryl/α,β-unsaturated/α-hetero) is 1. The van der Waals surface area contributed by atoms with E-state index in [0.29, 0.717) is 0 Å². The molecule has 1 aromatic heterocycles. The zero-order valence-electron chi connectivity index (χ0n) is 18.5. The lowest BCUT2D eigenvalue weighted by molar-refractivity contribution is 0.0576. The van der Waals surface area contributed by atoms with Gasteiger partial charge in [-0.25, -0.2) is 14.2 Å². The number of amides is 1. The number of pyridine rings is 1. The van der Waals surface area contributed by atoms with Gasteiger partial charge in [0.2, 0.25) is 5.78 Å². The third-order valence-corrected chi connectivity index (χ3v) is 4.51. The molecule has 8 heteroatoms. The molecule has 170 valence electrons. The van der Waals surface area contributed by atoms with E-state index in [9.17, 15) is 19.2 Å². The van der Waals surface area contributed by atoms with Crippen LogP contribution in [0.25, 0.3) is 0 Å². The summed E-state index contributed by atoms with van der Waals surface area (Å²) < 4.78 is 18.8. The largest absolute Gasteiger partial charge is 0.443 e. The molecule has 0 aliphatic rings. The van der Waals surface area contributed by atoms with E-state index < -0.39 is 23.3 Å². The Labute approximate surface area is 191 Å². The second kappa shape index (κ2) is 10.0. The lowest BCUT2D eigenvalue weighted by Crippen LogP contribution is -2.37. The van der Waals surface area contributed by atoms with E-state index in [2.05, 4.69) is 10.1 Å².